The second kappa shape index (κ2) is 65.1. The van der Waals surface area contributed by atoms with Gasteiger partial charge in [-0.15, -0.1) is 0 Å². The molecule has 0 radical (unpaired) electrons. The van der Waals surface area contributed by atoms with Crippen LogP contribution < -0.4 is 47.3 Å². The first-order valence-corrected chi connectivity index (χ1v) is 47.1. The highest BCUT2D eigenvalue weighted by Crippen LogP contribution is 2.35. The zero-order valence-corrected chi connectivity index (χ0v) is 81.9. The van der Waals surface area contributed by atoms with E-state index in [0.29, 0.717) is 103 Å². The van der Waals surface area contributed by atoms with E-state index in [2.05, 4.69) is 47.3 Å². The van der Waals surface area contributed by atoms with Crippen molar-refractivity contribution in [3.05, 3.63) is 40.7 Å². The fourth-order valence-electron chi connectivity index (χ4n) is 15.3. The van der Waals surface area contributed by atoms with E-state index in [1.165, 1.54) is 26.8 Å². The Labute approximate surface area is 817 Å². The average Bonchev–Trinajstić information content (AvgIpc) is 0.811. The highest BCUT2D eigenvalue weighted by molar-refractivity contribution is 5.94. The van der Waals surface area contributed by atoms with Crippen LogP contribution in [0.25, 0.3) is 0 Å². The molecule has 0 unspecified atom stereocenters. The van der Waals surface area contributed by atoms with Crippen LogP contribution in [-0.4, -0.2) is 309 Å². The Balaban J connectivity index is 1.26. The Bertz CT molecular complexity index is 4360. The maximum atomic E-state index is 14.3. The standard InChI is InChI=1S/C92H135F5N8O37/c1-50(106)103-78-86(136-59(10)115)82(133-56(7)112)65(47-130-53(4)109)139-90(78)127-39-26-18-15-22-35-99-69(119)31-42-124-63-45-62(89(123)102-38-25-14-13-21-34-98-68(118)29-30-72(122)142-85-76(96)74(94)73(93)75(95)77(85)97)46-64(125-43-32-70(120)100-36-23-16-19-27-40-128-91-79(104-51(2)107)87(137-60(11)116)83(134-57(8)113)66(140-91)48-131-54(5)110)81(63)126-44-33-71(121)101-37-24-17-20-28-41-129-92-80(105-52(3)108)88(138-61(12)117)84(135-58(9)114)67(141-92)49-132-55(6)111/h45,63-67,78-84,86-88,90-92H,13-44,46-49H2,1-12H3,(H,98,118)(H,99,119)(H,100,120)(H,101,121)(H,102,123)(H,103,106)(H,104,107)(H,105,108)/t63-,64-,65-,66-,67-,78-,79-,80-,81-,82+,83+,84+,86-,87-,88-,90-,91-,92-/m1/s1. The van der Waals surface area contributed by atoms with Gasteiger partial charge in [-0.1, -0.05) is 51.4 Å². The van der Waals surface area contributed by atoms with Crippen LogP contribution in [0, 0.1) is 29.1 Å². The molecule has 0 bridgehead atoms. The molecular formula is C92H135F5N8O37. The normalized spacial score (nSPS) is 22.9. The predicted molar refractivity (Wildman–Crippen MR) is 476 cm³/mol. The Kier molecular flexibility index (Phi) is 55.5. The molecule has 1 aliphatic carbocycles. The molecule has 18 atom stereocenters. The number of benzene rings is 1. The van der Waals surface area contributed by atoms with Gasteiger partial charge in [-0.3, -0.25) is 86.3 Å². The van der Waals surface area contributed by atoms with Gasteiger partial charge in [-0.05, 0) is 57.4 Å². The van der Waals surface area contributed by atoms with Crippen molar-refractivity contribution in [2.75, 3.05) is 92.2 Å². The molecule has 50 heteroatoms. The number of carbonyl (C=O) groups is 18. The summed E-state index contributed by atoms with van der Waals surface area (Å²) in [6.45, 7) is 12.8. The van der Waals surface area contributed by atoms with E-state index in [9.17, 15) is 108 Å². The minimum Gasteiger partial charge on any atom is -0.463 e. The van der Waals surface area contributed by atoms with Crippen molar-refractivity contribution in [3.63, 3.8) is 0 Å². The number of amides is 8. The predicted octanol–water partition coefficient (Wildman–Crippen LogP) is 3.56. The second-order valence-electron chi connectivity index (χ2n) is 33.7. The molecule has 0 aromatic heterocycles. The number of rotatable bonds is 63. The monoisotopic (exact) mass is 2040 g/mol. The zero-order chi connectivity index (χ0) is 105. The van der Waals surface area contributed by atoms with Crippen molar-refractivity contribution in [1.82, 2.24) is 42.5 Å². The van der Waals surface area contributed by atoms with Gasteiger partial charge in [0.25, 0.3) is 0 Å². The highest BCUT2D eigenvalue weighted by atomic mass is 19.2. The van der Waals surface area contributed by atoms with E-state index < -0.39 is 285 Å². The first-order valence-electron chi connectivity index (χ1n) is 47.1. The van der Waals surface area contributed by atoms with Gasteiger partial charge in [0.05, 0.1) is 32.3 Å². The Morgan fingerprint density at radius 1 is 0.303 bits per heavy atom. The lowest BCUT2D eigenvalue weighted by atomic mass is 9.91. The number of halogens is 5. The van der Waals surface area contributed by atoms with Crippen molar-refractivity contribution in [3.8, 4) is 5.75 Å². The van der Waals surface area contributed by atoms with Crippen LogP contribution in [0.5, 0.6) is 5.75 Å². The summed E-state index contributed by atoms with van der Waals surface area (Å²) in [5.41, 5.74) is 0.161. The molecule has 1 aromatic carbocycles. The summed E-state index contributed by atoms with van der Waals surface area (Å²) in [6, 6.07) is -3.52. The number of hydrogen-bond acceptors (Lipinski definition) is 37. The fraction of sp³-hybridized carbons (Fsp3) is 0.717. The third kappa shape index (κ3) is 45.5. The lowest BCUT2D eigenvalue weighted by molar-refractivity contribution is -0.277. The molecule has 8 amide bonds. The van der Waals surface area contributed by atoms with Crippen LogP contribution in [0.4, 0.5) is 22.0 Å². The topological polar surface area (TPSA) is 579 Å². The van der Waals surface area contributed by atoms with E-state index in [0.717, 1.165) is 62.3 Å². The van der Waals surface area contributed by atoms with Gasteiger partial charge in [0.15, 0.2) is 55.5 Å². The summed E-state index contributed by atoms with van der Waals surface area (Å²) in [5, 5.41) is 22.0. The maximum Gasteiger partial charge on any atom is 0.311 e. The van der Waals surface area contributed by atoms with Gasteiger partial charge >= 0.3 is 59.7 Å². The van der Waals surface area contributed by atoms with Gasteiger partial charge < -0.3 is 133 Å². The van der Waals surface area contributed by atoms with Crippen molar-refractivity contribution >= 4 is 107 Å². The van der Waals surface area contributed by atoms with Crippen molar-refractivity contribution < 1.29 is 198 Å². The molecule has 0 saturated carbocycles. The van der Waals surface area contributed by atoms with Crippen molar-refractivity contribution in [1.29, 1.82) is 0 Å². The number of hydrogen-bond donors (Lipinski definition) is 8. The van der Waals surface area contributed by atoms with Gasteiger partial charge in [-0.2, -0.15) is 8.78 Å². The summed E-state index contributed by atoms with van der Waals surface area (Å²) in [5.74, 6) is -26.0. The maximum absolute atomic E-state index is 14.3. The molecule has 3 saturated heterocycles. The van der Waals surface area contributed by atoms with Gasteiger partial charge in [-0.25, -0.2) is 13.2 Å². The van der Waals surface area contributed by atoms with E-state index in [4.69, 9.17) is 85.3 Å². The van der Waals surface area contributed by atoms with Crippen LogP contribution in [0.1, 0.15) is 224 Å². The van der Waals surface area contributed by atoms with Crippen LogP contribution in [0.15, 0.2) is 11.6 Å². The number of carbonyl (C=O) groups excluding carboxylic acids is 18. The van der Waals surface area contributed by atoms with E-state index >= 15 is 0 Å². The lowest BCUT2D eigenvalue weighted by Crippen LogP contribution is -2.66. The summed E-state index contributed by atoms with van der Waals surface area (Å²) in [7, 11) is 0. The molecule has 3 heterocycles. The molecule has 1 aromatic rings. The molecule has 4 aliphatic rings. The molecule has 800 valence electrons. The van der Waals surface area contributed by atoms with E-state index in [1.54, 1.807) is 0 Å². The molecule has 3 aliphatic heterocycles. The number of ether oxygens (including phenoxy) is 19. The number of unbranched alkanes of at least 4 members (excludes halogenated alkanes) is 12. The van der Waals surface area contributed by atoms with Crippen LogP contribution >= 0.6 is 0 Å². The van der Waals surface area contributed by atoms with Crippen molar-refractivity contribution in [2.24, 2.45) is 0 Å². The quantitative estimate of drug-likeness (QED) is 0.00879. The minimum absolute atomic E-state index is 0.0463. The summed E-state index contributed by atoms with van der Waals surface area (Å²) in [6.07, 6.45) is -11.1. The Morgan fingerprint density at radius 3 is 0.908 bits per heavy atom. The summed E-state index contributed by atoms with van der Waals surface area (Å²) >= 11 is 0. The van der Waals surface area contributed by atoms with Gasteiger partial charge in [0, 0.05) is 173 Å². The molecule has 142 heavy (non-hydrogen) atoms. The zero-order valence-electron chi connectivity index (χ0n) is 81.9. The summed E-state index contributed by atoms with van der Waals surface area (Å²) in [4.78, 5) is 226. The molecular weight excluding hydrogens is 1900 g/mol. The Morgan fingerprint density at radius 2 is 0.592 bits per heavy atom. The largest absolute Gasteiger partial charge is 0.463 e. The third-order valence-corrected chi connectivity index (χ3v) is 21.6. The van der Waals surface area contributed by atoms with E-state index in [1.807, 2.05) is 0 Å². The van der Waals surface area contributed by atoms with Crippen LogP contribution in [0.2, 0.25) is 0 Å². The molecule has 3 fully saturated rings. The molecule has 45 nitrogen and oxygen atoms in total. The SMILES string of the molecule is CC(=O)N[C@H]1[C@H](OCCCCCCNC(=O)CCO[C@@H]2[C@H](OCCC(=O)NCCCCCCO[C@@H]3O[C@H](COC(C)=O)[C@H](OC(C)=O)[C@H](OC(C)=O)[C@H]3NC(C)=O)C=C(C(=O)NCCCCCCNC(=O)CCC(=O)Oc3c(F)c(F)c(F)c(F)c3F)C[C@H]2OCCC(=O)NCCCCCCO[C@@H]2O[C@H](COC(C)=O)[C@H](OC(C)=O)[C@H](OC(C)=O)[C@H]2NC(C)=O)O[C@H](COC(C)=O)[C@H](OC(C)=O)[C@@H]1OC(C)=O. The number of esters is 10. The average molecular weight is 2040 g/mol. The van der Waals surface area contributed by atoms with Crippen LogP contribution in [-0.2, 0) is 172 Å². The van der Waals surface area contributed by atoms with Crippen LogP contribution in [0.3, 0.4) is 0 Å². The third-order valence-electron chi connectivity index (χ3n) is 21.6. The first-order chi connectivity index (χ1) is 67.4. The molecule has 0 spiro atoms. The number of nitrogens with one attached hydrogen (secondary N) is 8. The second-order valence-corrected chi connectivity index (χ2v) is 33.7. The van der Waals surface area contributed by atoms with Gasteiger partial charge in [0.2, 0.25) is 82.1 Å². The molecule has 8 N–H and O–H groups in total. The van der Waals surface area contributed by atoms with Crippen molar-refractivity contribution in [2.45, 2.75) is 335 Å². The highest BCUT2D eigenvalue weighted by Gasteiger charge is 2.55. The molecule has 5 rings (SSSR count). The first kappa shape index (κ1) is 121. The Hall–Kier alpha value is -11.3. The van der Waals surface area contributed by atoms with E-state index in [-0.39, 0.29) is 104 Å². The summed E-state index contributed by atoms with van der Waals surface area (Å²) < 4.78 is 178. The smallest absolute Gasteiger partial charge is 0.311 e. The lowest BCUT2D eigenvalue weighted by Gasteiger charge is -2.44. The van der Waals surface area contributed by atoms with Gasteiger partial charge in [0.1, 0.15) is 68.5 Å². The minimum atomic E-state index is -2.46. The fourth-order valence-corrected chi connectivity index (χ4v) is 15.3.